The van der Waals surface area contributed by atoms with Crippen LogP contribution in [0.25, 0.3) is 10.9 Å². The van der Waals surface area contributed by atoms with Gasteiger partial charge in [-0.25, -0.2) is 0 Å². The molecule has 0 amide bonds. The highest BCUT2D eigenvalue weighted by Gasteiger charge is 2.55. The summed E-state index contributed by atoms with van der Waals surface area (Å²) in [5.74, 6) is -0.177. The summed E-state index contributed by atoms with van der Waals surface area (Å²) in [7, 11) is 0. The Bertz CT molecular complexity index is 1410. The van der Waals surface area contributed by atoms with Crippen molar-refractivity contribution in [3.63, 3.8) is 0 Å². The van der Waals surface area contributed by atoms with Crippen LogP contribution in [0.4, 0.5) is 5.69 Å². The van der Waals surface area contributed by atoms with E-state index in [1.54, 1.807) is 6.07 Å². The highest BCUT2D eigenvalue weighted by molar-refractivity contribution is 9.08. The molecule has 3 aromatic rings. The Morgan fingerprint density at radius 1 is 0.907 bits per heavy atom. The fourth-order valence-electron chi connectivity index (χ4n) is 4.87. The average molecular weight is 675 g/mol. The van der Waals surface area contributed by atoms with Crippen LogP contribution in [0.15, 0.2) is 54.6 Å². The number of ether oxygens (including phenoxy) is 3. The molecule has 2 fully saturated rings. The number of aromatic nitrogens is 1. The molecule has 2 aliphatic rings. The fraction of sp³-hybridized carbons (Fsp3) is 0.462. The third-order valence-corrected chi connectivity index (χ3v) is 8.03. The minimum absolute atomic E-state index is 0.177. The number of nitro groups is 1. The van der Waals surface area contributed by atoms with Gasteiger partial charge in [0.05, 0.1) is 45.5 Å². The van der Waals surface area contributed by atoms with Gasteiger partial charge in [0.2, 0.25) is 0 Å². The van der Waals surface area contributed by atoms with Crippen molar-refractivity contribution in [1.29, 1.82) is 0 Å². The molecular weight excluding hydrogens is 644 g/mol. The molecular formula is C26H31BrN2O14. The molecule has 0 unspecified atom stereocenters. The second-order valence-corrected chi connectivity index (χ2v) is 10.6. The van der Waals surface area contributed by atoms with E-state index in [2.05, 4.69) is 16.1 Å². The molecule has 5 rings (SSSR count). The van der Waals surface area contributed by atoms with Gasteiger partial charge in [-0.05, 0) is 18.2 Å². The summed E-state index contributed by atoms with van der Waals surface area (Å²) in [5.41, 5.74) is -1.05. The van der Waals surface area contributed by atoms with E-state index < -0.39 is 79.0 Å². The van der Waals surface area contributed by atoms with Crippen LogP contribution in [-0.2, 0) is 15.1 Å². The van der Waals surface area contributed by atoms with Gasteiger partial charge >= 0.3 is 5.69 Å². The van der Waals surface area contributed by atoms with Gasteiger partial charge in [-0.2, -0.15) is 0 Å². The maximum Gasteiger partial charge on any atom is 0.310 e. The largest absolute Gasteiger partial charge is 0.475 e. The highest BCUT2D eigenvalue weighted by Crippen LogP contribution is 2.41. The summed E-state index contributed by atoms with van der Waals surface area (Å²) in [4.78, 5) is 10.2. The molecule has 17 heteroatoms. The van der Waals surface area contributed by atoms with E-state index in [4.69, 9.17) is 19.3 Å². The van der Waals surface area contributed by atoms with Crippen LogP contribution in [0.2, 0.25) is 0 Å². The predicted octanol–water partition coefficient (Wildman–Crippen LogP) is -1.81. The van der Waals surface area contributed by atoms with Crippen molar-refractivity contribution in [2.45, 2.75) is 60.9 Å². The molecule has 1 aromatic heterocycles. The van der Waals surface area contributed by atoms with Crippen molar-refractivity contribution >= 4 is 32.7 Å². The first-order valence-corrected chi connectivity index (χ1v) is 13.6. The van der Waals surface area contributed by atoms with E-state index in [9.17, 15) is 51.0 Å². The van der Waals surface area contributed by atoms with Gasteiger partial charge in [0, 0.05) is 11.5 Å². The van der Waals surface area contributed by atoms with Crippen molar-refractivity contribution in [2.75, 3.05) is 13.2 Å². The zero-order chi connectivity index (χ0) is 31.6. The summed E-state index contributed by atoms with van der Waals surface area (Å²) >= 11 is 3.33. The average Bonchev–Trinajstić information content (AvgIpc) is 3.35. The van der Waals surface area contributed by atoms with Crippen molar-refractivity contribution < 1.29 is 65.1 Å². The lowest BCUT2D eigenvalue weighted by Gasteiger charge is -2.46. The van der Waals surface area contributed by atoms with Gasteiger partial charge in [0.15, 0.2) is 30.0 Å². The Morgan fingerprint density at radius 2 is 1.56 bits per heavy atom. The molecule has 16 nitrogen and oxygen atoms in total. The molecule has 2 aromatic carbocycles. The first kappa shape index (κ1) is 33.1. The van der Waals surface area contributed by atoms with E-state index >= 15 is 0 Å². The number of para-hydroxylation sites is 3. The summed E-state index contributed by atoms with van der Waals surface area (Å²) in [6.07, 6.45) is -14.0. The van der Waals surface area contributed by atoms with Gasteiger partial charge in [-0.1, -0.05) is 30.3 Å². The molecule has 0 bridgehead atoms. The van der Waals surface area contributed by atoms with Crippen LogP contribution in [-0.4, -0.2) is 123 Å². The Kier molecular flexibility index (Phi) is 10.4. The molecule has 0 aliphatic carbocycles. The number of rotatable bonds is 6. The number of hydrogen-bond acceptors (Lipinski definition) is 14. The quantitative estimate of drug-likeness (QED) is 0.103. The van der Waals surface area contributed by atoms with E-state index in [0.717, 1.165) is 10.9 Å². The maximum atomic E-state index is 10.9. The van der Waals surface area contributed by atoms with E-state index in [0.29, 0.717) is 5.69 Å². The van der Waals surface area contributed by atoms with Crippen LogP contribution in [0.5, 0.6) is 5.75 Å². The zero-order valence-corrected chi connectivity index (χ0v) is 23.7. The summed E-state index contributed by atoms with van der Waals surface area (Å²) in [6.45, 7) is -1.30. The van der Waals surface area contributed by atoms with Crippen molar-refractivity contribution in [3.05, 3.63) is 70.4 Å². The van der Waals surface area contributed by atoms with Gasteiger partial charge in [0.25, 0.3) is 0 Å². The SMILES string of the molecule is O=[N+]([O-])c1ccccc1O[C@@H]1[C@@H](O)[C@@H](O)[C@@H](CO)O[C@H]1O.OC[C@@]1(c2cc3ccccc3n2Br)O[C@@H](O)[C@H](O)[C@@H](O)[C@H]1O. The molecule has 10 atom stereocenters. The standard InChI is InChI=1S/C14H16BrNO6.C12H15NO8/c15-16-8-4-2-1-3-7(8)5-9(16)14(6-17)12(20)10(18)11(19)13(21)22-14;14-5-8-9(15)10(16)11(12(17)21-8)20-7-4-2-1-3-6(7)13(18)19/h1-5,10-13,17-21H,6H2;1-4,8-12,14-17H,5H2/t10-,11-,12-,13-,14+;8-,9+,10+,11-,12-/m11/s1. The first-order chi connectivity index (χ1) is 20.4. The topological polar surface area (TPSA) is 258 Å². The number of benzene rings is 2. The van der Waals surface area contributed by atoms with Crippen molar-refractivity contribution in [3.8, 4) is 5.75 Å². The minimum Gasteiger partial charge on any atom is -0.475 e. The van der Waals surface area contributed by atoms with E-state index in [-0.39, 0.29) is 11.4 Å². The summed E-state index contributed by atoms with van der Waals surface area (Å²) < 4.78 is 17.0. The molecule has 0 spiro atoms. The summed E-state index contributed by atoms with van der Waals surface area (Å²) in [6, 6.07) is 14.4. The monoisotopic (exact) mass is 674 g/mol. The van der Waals surface area contributed by atoms with Crippen LogP contribution >= 0.6 is 16.1 Å². The first-order valence-electron chi connectivity index (χ1n) is 12.9. The third kappa shape index (κ3) is 6.25. The lowest BCUT2D eigenvalue weighted by molar-refractivity contribution is -0.386. The normalized spacial score (nSPS) is 34.3. The molecule has 0 radical (unpaired) electrons. The van der Waals surface area contributed by atoms with E-state index in [1.165, 1.54) is 27.9 Å². The molecule has 2 saturated heterocycles. The Labute approximate surface area is 251 Å². The lowest BCUT2D eigenvalue weighted by atomic mass is 9.84. The second kappa shape index (κ2) is 13.5. The number of hydrogen-bond donors (Lipinski definition) is 9. The Hall–Kier alpha value is -2.78. The molecule has 2 aliphatic heterocycles. The molecule has 236 valence electrons. The smallest absolute Gasteiger partial charge is 0.310 e. The zero-order valence-electron chi connectivity index (χ0n) is 22.1. The van der Waals surface area contributed by atoms with Crippen molar-refractivity contribution in [1.82, 2.24) is 3.59 Å². The fourth-order valence-corrected chi connectivity index (χ4v) is 5.60. The minimum atomic E-state index is -1.78. The number of aliphatic hydroxyl groups is 9. The van der Waals surface area contributed by atoms with Crippen LogP contribution in [0, 0.1) is 10.1 Å². The molecule has 3 heterocycles. The number of nitrogens with zero attached hydrogens (tertiary/aromatic N) is 2. The van der Waals surface area contributed by atoms with Crippen LogP contribution < -0.4 is 4.74 Å². The predicted molar refractivity (Wildman–Crippen MR) is 148 cm³/mol. The Morgan fingerprint density at radius 3 is 2.19 bits per heavy atom. The van der Waals surface area contributed by atoms with Gasteiger partial charge in [0.1, 0.15) is 36.6 Å². The van der Waals surface area contributed by atoms with Gasteiger partial charge in [-0.3, -0.25) is 13.7 Å². The maximum absolute atomic E-state index is 10.9. The lowest BCUT2D eigenvalue weighted by Crippen LogP contribution is -2.64. The van der Waals surface area contributed by atoms with Gasteiger partial charge in [-0.15, -0.1) is 0 Å². The molecule has 43 heavy (non-hydrogen) atoms. The Balaban J connectivity index is 0.000000197. The summed E-state index contributed by atoms with van der Waals surface area (Å²) in [5, 5.41) is 99.5. The molecule has 0 saturated carbocycles. The number of halogens is 1. The van der Waals surface area contributed by atoms with E-state index in [1.807, 2.05) is 24.3 Å². The third-order valence-electron chi connectivity index (χ3n) is 7.26. The van der Waals surface area contributed by atoms with Crippen LogP contribution in [0.3, 0.4) is 0 Å². The van der Waals surface area contributed by atoms with Crippen molar-refractivity contribution in [2.24, 2.45) is 0 Å². The number of fused-ring (bicyclic) bond motifs is 1. The van der Waals surface area contributed by atoms with Crippen LogP contribution in [0.1, 0.15) is 5.69 Å². The highest BCUT2D eigenvalue weighted by atomic mass is 79.9. The molecule has 9 N–H and O–H groups in total. The van der Waals surface area contributed by atoms with Gasteiger partial charge < -0.3 is 60.2 Å². The second-order valence-electron chi connectivity index (χ2n) is 9.89. The number of aliphatic hydroxyl groups excluding tert-OH is 9. The number of nitro benzene ring substituents is 1.